The van der Waals surface area contributed by atoms with E-state index in [4.69, 9.17) is 8.83 Å². The van der Waals surface area contributed by atoms with E-state index in [9.17, 15) is 0 Å². The van der Waals surface area contributed by atoms with Gasteiger partial charge in [-0.3, -0.25) is 0 Å². The van der Waals surface area contributed by atoms with Gasteiger partial charge in [-0.2, -0.15) is 0 Å². The first kappa shape index (κ1) is 42.5. The highest BCUT2D eigenvalue weighted by Crippen LogP contribution is 2.47. The van der Waals surface area contributed by atoms with Crippen LogP contribution >= 0.6 is 0 Å². The number of benzene rings is 14. The maximum absolute atomic E-state index is 6.72. The van der Waals surface area contributed by atoms with E-state index in [0.717, 1.165) is 66.1 Å². The van der Waals surface area contributed by atoms with Crippen LogP contribution in [-0.2, 0) is 0 Å². The van der Waals surface area contributed by atoms with Gasteiger partial charge in [-0.25, -0.2) is 0 Å². The topological polar surface area (TPSA) is 26.3 Å². The van der Waals surface area contributed by atoms with E-state index in [2.05, 4.69) is 255 Å². The molecule has 2 aromatic heterocycles. The average molecular weight is 965 g/mol. The largest absolute Gasteiger partial charge is 0.456 e. The quantitative estimate of drug-likeness (QED) is 0.155. The molecule has 0 unspecified atom stereocenters. The molecule has 16 aromatic rings. The van der Waals surface area contributed by atoms with Crippen LogP contribution in [0.2, 0.25) is 0 Å². The van der Waals surface area contributed by atoms with Gasteiger partial charge in [0.2, 0.25) is 0 Å². The van der Waals surface area contributed by atoms with Crippen molar-refractivity contribution >= 4 is 97.7 Å². The SMILES string of the molecule is c1ccc2cc(-c3ccc(-c4c5ccccc5c(-c5ccc6c(c5)oc5ccc(-c7ccc(-c8c9ccccc9c(-c9ccc%10c(c9)oc9ccccc9%10)c9ccccc89)cc7)cc56)c5ccccc45)cc3)ccc2c1. The van der Waals surface area contributed by atoms with Crippen LogP contribution in [0.15, 0.2) is 276 Å². The second kappa shape index (κ2) is 16.8. The van der Waals surface area contributed by atoms with Crippen LogP contribution in [0.1, 0.15) is 0 Å². The number of para-hydroxylation sites is 1. The Hall–Kier alpha value is -10.0. The third-order valence-electron chi connectivity index (χ3n) is 16.1. The van der Waals surface area contributed by atoms with Gasteiger partial charge in [0.25, 0.3) is 0 Å². The summed E-state index contributed by atoms with van der Waals surface area (Å²) in [6.07, 6.45) is 0. The maximum Gasteiger partial charge on any atom is 0.136 e. The van der Waals surface area contributed by atoms with Crippen molar-refractivity contribution in [2.75, 3.05) is 0 Å². The minimum absolute atomic E-state index is 0.876. The predicted octanol–water partition coefficient (Wildman–Crippen LogP) is 21.3. The van der Waals surface area contributed by atoms with Crippen LogP contribution in [0.4, 0.5) is 0 Å². The normalized spacial score (nSPS) is 11.9. The molecule has 0 amide bonds. The minimum atomic E-state index is 0.876. The zero-order chi connectivity index (χ0) is 49.8. The molecule has 0 atom stereocenters. The molecular weight excluding hydrogens is 921 g/mol. The molecule has 0 N–H and O–H groups in total. The second-order valence-electron chi connectivity index (χ2n) is 20.2. The van der Waals surface area contributed by atoms with E-state index in [1.54, 1.807) is 0 Å². The number of fused-ring (bicyclic) bond motifs is 11. The molecule has 0 radical (unpaired) electrons. The van der Waals surface area contributed by atoms with Gasteiger partial charge in [0.05, 0.1) is 0 Å². The minimum Gasteiger partial charge on any atom is -0.456 e. The van der Waals surface area contributed by atoms with Gasteiger partial charge in [0.1, 0.15) is 22.3 Å². The Morgan fingerprint density at radius 2 is 0.474 bits per heavy atom. The molecule has 0 aliphatic rings. The molecule has 0 fully saturated rings. The summed E-state index contributed by atoms with van der Waals surface area (Å²) >= 11 is 0. The third-order valence-corrected chi connectivity index (χ3v) is 16.1. The number of hydrogen-bond acceptors (Lipinski definition) is 2. The molecule has 2 heteroatoms. The Kier molecular flexibility index (Phi) is 9.37. The van der Waals surface area contributed by atoms with Crippen molar-refractivity contribution in [3.05, 3.63) is 267 Å². The Morgan fingerprint density at radius 3 is 0.961 bits per heavy atom. The monoisotopic (exact) mass is 964 g/mol. The summed E-state index contributed by atoms with van der Waals surface area (Å²) in [5.74, 6) is 0. The van der Waals surface area contributed by atoms with E-state index < -0.39 is 0 Å². The Balaban J connectivity index is 0.756. The summed E-state index contributed by atoms with van der Waals surface area (Å²) in [6, 6.07) is 97.3. The lowest BCUT2D eigenvalue weighted by atomic mass is 9.85. The zero-order valence-electron chi connectivity index (χ0n) is 41.2. The standard InChI is InChI=1S/C74H44O2/c1-2-14-50-41-51(34-29-45(50)13-1)46-25-30-48(31-26-46)71-60-18-5-9-22-64(60)74(65-23-10-6-19-61(65)71)54-36-39-57-66-42-52(37-40-68(66)76-70(57)44-54)47-27-32-49(33-28-47)72-58-16-3-7-20-62(58)73(63-21-8-4-17-59(63)72)53-35-38-56-55-15-11-12-24-67(55)75-69(56)43-53/h1-44H. The second-order valence-corrected chi connectivity index (χ2v) is 20.2. The van der Waals surface area contributed by atoms with Crippen molar-refractivity contribution in [1.29, 1.82) is 0 Å². The van der Waals surface area contributed by atoms with Gasteiger partial charge in [-0.15, -0.1) is 0 Å². The van der Waals surface area contributed by atoms with Gasteiger partial charge < -0.3 is 8.83 Å². The van der Waals surface area contributed by atoms with Crippen molar-refractivity contribution in [3.8, 4) is 66.8 Å². The highest BCUT2D eigenvalue weighted by Gasteiger charge is 2.21. The number of furan rings is 2. The van der Waals surface area contributed by atoms with Crippen LogP contribution in [0.3, 0.4) is 0 Å². The van der Waals surface area contributed by atoms with Crippen molar-refractivity contribution in [2.24, 2.45) is 0 Å². The molecule has 0 saturated carbocycles. The molecular formula is C74H44O2. The molecule has 0 aliphatic heterocycles. The van der Waals surface area contributed by atoms with Gasteiger partial charge in [-0.1, -0.05) is 218 Å². The van der Waals surface area contributed by atoms with Gasteiger partial charge in [0, 0.05) is 21.5 Å². The summed E-state index contributed by atoms with van der Waals surface area (Å²) in [7, 11) is 0. The molecule has 352 valence electrons. The molecule has 16 rings (SSSR count). The van der Waals surface area contributed by atoms with Gasteiger partial charge in [0.15, 0.2) is 0 Å². The molecule has 76 heavy (non-hydrogen) atoms. The first-order valence-electron chi connectivity index (χ1n) is 26.1. The van der Waals surface area contributed by atoms with Gasteiger partial charge >= 0.3 is 0 Å². The third kappa shape index (κ3) is 6.61. The Labute approximate surface area is 437 Å². The smallest absolute Gasteiger partial charge is 0.136 e. The molecule has 0 bridgehead atoms. The predicted molar refractivity (Wildman–Crippen MR) is 321 cm³/mol. The Morgan fingerprint density at radius 1 is 0.158 bits per heavy atom. The fourth-order valence-corrected chi connectivity index (χ4v) is 12.5. The molecule has 2 heterocycles. The van der Waals surface area contributed by atoms with Crippen LogP contribution < -0.4 is 0 Å². The maximum atomic E-state index is 6.72. The van der Waals surface area contributed by atoms with Crippen LogP contribution in [-0.4, -0.2) is 0 Å². The van der Waals surface area contributed by atoms with E-state index in [1.165, 1.54) is 98.4 Å². The molecule has 0 spiro atoms. The first-order valence-corrected chi connectivity index (χ1v) is 26.1. The molecule has 0 aliphatic carbocycles. The molecule has 0 saturated heterocycles. The Bertz CT molecular complexity index is 4920. The zero-order valence-corrected chi connectivity index (χ0v) is 41.2. The van der Waals surface area contributed by atoms with Crippen LogP contribution in [0, 0.1) is 0 Å². The summed E-state index contributed by atoms with van der Waals surface area (Å²) in [5, 5.41) is 16.8. The summed E-state index contributed by atoms with van der Waals surface area (Å²) < 4.78 is 13.1. The lowest BCUT2D eigenvalue weighted by Gasteiger charge is -2.18. The first-order chi connectivity index (χ1) is 37.7. The lowest BCUT2D eigenvalue weighted by molar-refractivity contribution is 0.668. The van der Waals surface area contributed by atoms with Crippen molar-refractivity contribution in [1.82, 2.24) is 0 Å². The number of hydrogen-bond donors (Lipinski definition) is 0. The van der Waals surface area contributed by atoms with E-state index in [1.807, 2.05) is 12.1 Å². The van der Waals surface area contributed by atoms with Crippen molar-refractivity contribution < 1.29 is 8.83 Å². The summed E-state index contributed by atoms with van der Waals surface area (Å²) in [6.45, 7) is 0. The average Bonchev–Trinajstić information content (AvgIpc) is 4.10. The molecule has 14 aromatic carbocycles. The van der Waals surface area contributed by atoms with Gasteiger partial charge in [-0.05, 0) is 169 Å². The highest BCUT2D eigenvalue weighted by atomic mass is 16.3. The highest BCUT2D eigenvalue weighted by molar-refractivity contribution is 6.24. The lowest BCUT2D eigenvalue weighted by Crippen LogP contribution is -1.91. The van der Waals surface area contributed by atoms with Crippen molar-refractivity contribution in [2.45, 2.75) is 0 Å². The van der Waals surface area contributed by atoms with E-state index in [-0.39, 0.29) is 0 Å². The number of rotatable bonds is 6. The van der Waals surface area contributed by atoms with E-state index in [0.29, 0.717) is 0 Å². The van der Waals surface area contributed by atoms with E-state index >= 15 is 0 Å². The summed E-state index contributed by atoms with van der Waals surface area (Å²) in [5.41, 5.74) is 17.9. The van der Waals surface area contributed by atoms with Crippen molar-refractivity contribution in [3.63, 3.8) is 0 Å². The fourth-order valence-electron chi connectivity index (χ4n) is 12.5. The molecule has 2 nitrogen and oxygen atoms in total. The fraction of sp³-hybridized carbons (Fsp3) is 0. The van der Waals surface area contributed by atoms with Crippen LogP contribution in [0.25, 0.3) is 165 Å². The summed E-state index contributed by atoms with van der Waals surface area (Å²) in [4.78, 5) is 0. The van der Waals surface area contributed by atoms with Crippen LogP contribution in [0.5, 0.6) is 0 Å².